The van der Waals surface area contributed by atoms with E-state index in [9.17, 15) is 18.0 Å². The number of aromatic nitrogens is 3. The monoisotopic (exact) mass is 452 g/mol. The third-order valence-electron chi connectivity index (χ3n) is 5.86. The zero-order valence-electron chi connectivity index (χ0n) is 18.1. The standard InChI is InChI=1S/C24H19F3N4O2/c1-4-33-22(32)13-5-8-18-17(9-13)23(2,3)20(29-18)14-11-28-21-16-7-6-15(24(25,26)27)10-19(16)30-31(21)12-14/h5-12H,4H2,1-3H3. The van der Waals surface area contributed by atoms with Crippen LogP contribution in [0.3, 0.4) is 0 Å². The summed E-state index contributed by atoms with van der Waals surface area (Å²) in [6, 6.07) is 8.69. The molecule has 168 valence electrons. The van der Waals surface area contributed by atoms with Crippen molar-refractivity contribution in [2.24, 2.45) is 4.99 Å². The SMILES string of the molecule is CCOC(=O)c1ccc2c(c1)C(C)(C)C(c1cnc3c4ccc(C(F)(F)F)cc4nn3c1)=N2. The Kier molecular flexibility index (Phi) is 4.56. The molecule has 1 aliphatic heterocycles. The van der Waals surface area contributed by atoms with E-state index in [0.29, 0.717) is 22.2 Å². The summed E-state index contributed by atoms with van der Waals surface area (Å²) in [7, 11) is 0. The molecule has 4 aromatic rings. The second-order valence-electron chi connectivity index (χ2n) is 8.38. The number of carbonyl (C=O) groups is 1. The van der Waals surface area contributed by atoms with Crippen molar-refractivity contribution in [1.29, 1.82) is 0 Å². The first-order chi connectivity index (χ1) is 15.6. The molecule has 0 fully saturated rings. The highest BCUT2D eigenvalue weighted by atomic mass is 19.4. The third kappa shape index (κ3) is 3.35. The van der Waals surface area contributed by atoms with Crippen molar-refractivity contribution in [2.75, 3.05) is 6.61 Å². The Hall–Kier alpha value is -3.75. The van der Waals surface area contributed by atoms with Crippen molar-refractivity contribution >= 4 is 33.9 Å². The maximum absolute atomic E-state index is 13.1. The lowest BCUT2D eigenvalue weighted by Gasteiger charge is -2.22. The Morgan fingerprint density at radius 2 is 1.94 bits per heavy atom. The lowest BCUT2D eigenvalue weighted by molar-refractivity contribution is -0.137. The van der Waals surface area contributed by atoms with Crippen LogP contribution in [0.5, 0.6) is 0 Å². The van der Waals surface area contributed by atoms with E-state index in [1.165, 1.54) is 10.6 Å². The van der Waals surface area contributed by atoms with Gasteiger partial charge >= 0.3 is 12.1 Å². The largest absolute Gasteiger partial charge is 0.462 e. The molecular formula is C24H19F3N4O2. The molecule has 0 amide bonds. The van der Waals surface area contributed by atoms with Crippen LogP contribution in [-0.4, -0.2) is 32.9 Å². The molecule has 33 heavy (non-hydrogen) atoms. The number of hydrogen-bond donors (Lipinski definition) is 0. The van der Waals surface area contributed by atoms with Crippen molar-refractivity contribution in [3.8, 4) is 0 Å². The van der Waals surface area contributed by atoms with Crippen LogP contribution in [0.2, 0.25) is 0 Å². The van der Waals surface area contributed by atoms with Crippen LogP contribution >= 0.6 is 0 Å². The molecule has 1 aliphatic rings. The fraction of sp³-hybridized carbons (Fsp3) is 0.250. The molecule has 6 nitrogen and oxygen atoms in total. The maximum Gasteiger partial charge on any atom is 0.416 e. The average molecular weight is 452 g/mol. The van der Waals surface area contributed by atoms with Gasteiger partial charge < -0.3 is 4.74 Å². The fourth-order valence-electron chi connectivity index (χ4n) is 4.19. The normalized spacial score (nSPS) is 15.0. The number of fused-ring (bicyclic) bond motifs is 4. The molecule has 0 saturated carbocycles. The van der Waals surface area contributed by atoms with Crippen LogP contribution in [0.4, 0.5) is 18.9 Å². The second-order valence-corrected chi connectivity index (χ2v) is 8.38. The summed E-state index contributed by atoms with van der Waals surface area (Å²) in [5, 5.41) is 4.85. The molecule has 0 bridgehead atoms. The van der Waals surface area contributed by atoms with Gasteiger partial charge in [0, 0.05) is 28.8 Å². The Bertz CT molecular complexity index is 1470. The summed E-state index contributed by atoms with van der Waals surface area (Å²) in [6.07, 6.45) is -1.08. The summed E-state index contributed by atoms with van der Waals surface area (Å²) in [4.78, 5) is 21.4. The Labute approximate surface area is 186 Å². The molecule has 0 N–H and O–H groups in total. The first-order valence-electron chi connectivity index (χ1n) is 10.4. The summed E-state index contributed by atoms with van der Waals surface area (Å²) < 4.78 is 45.8. The molecule has 0 aliphatic carbocycles. The van der Waals surface area contributed by atoms with Crippen molar-refractivity contribution in [1.82, 2.24) is 14.6 Å². The van der Waals surface area contributed by atoms with Gasteiger partial charge in [0.25, 0.3) is 0 Å². The van der Waals surface area contributed by atoms with Crippen LogP contribution in [0.1, 0.15) is 47.8 Å². The van der Waals surface area contributed by atoms with Crippen molar-refractivity contribution in [3.05, 3.63) is 71.0 Å². The maximum atomic E-state index is 13.1. The average Bonchev–Trinajstić information content (AvgIpc) is 3.26. The number of benzene rings is 2. The van der Waals surface area contributed by atoms with E-state index in [-0.39, 0.29) is 12.1 Å². The third-order valence-corrected chi connectivity index (χ3v) is 5.86. The minimum Gasteiger partial charge on any atom is -0.462 e. The lowest BCUT2D eigenvalue weighted by atomic mass is 9.79. The number of halogens is 3. The second kappa shape index (κ2) is 7.13. The molecular weight excluding hydrogens is 433 g/mol. The Morgan fingerprint density at radius 3 is 2.67 bits per heavy atom. The van der Waals surface area contributed by atoms with E-state index >= 15 is 0 Å². The fourth-order valence-corrected chi connectivity index (χ4v) is 4.19. The number of hydrogen-bond acceptors (Lipinski definition) is 5. The van der Waals surface area contributed by atoms with Gasteiger partial charge in [-0.3, -0.25) is 4.99 Å². The topological polar surface area (TPSA) is 68.8 Å². The number of nitrogens with zero attached hydrogens (tertiary/aromatic N) is 4. The first-order valence-corrected chi connectivity index (χ1v) is 10.4. The van der Waals surface area contributed by atoms with Gasteiger partial charge in [-0.1, -0.05) is 13.8 Å². The van der Waals surface area contributed by atoms with E-state index in [2.05, 4.69) is 10.1 Å². The van der Waals surface area contributed by atoms with Crippen LogP contribution in [0.25, 0.3) is 16.6 Å². The van der Waals surface area contributed by atoms with Crippen molar-refractivity contribution in [3.63, 3.8) is 0 Å². The molecule has 0 spiro atoms. The highest BCUT2D eigenvalue weighted by Crippen LogP contribution is 2.42. The zero-order valence-corrected chi connectivity index (χ0v) is 18.1. The summed E-state index contributed by atoms with van der Waals surface area (Å²) in [5.41, 5.74) is 2.86. The van der Waals surface area contributed by atoms with Crippen LogP contribution in [0, 0.1) is 0 Å². The molecule has 0 atom stereocenters. The number of aliphatic imine (C=N–C) groups is 1. The predicted octanol–water partition coefficient (Wildman–Crippen LogP) is 5.49. The Balaban J connectivity index is 1.57. The zero-order chi connectivity index (χ0) is 23.5. The molecule has 3 heterocycles. The number of alkyl halides is 3. The minimum absolute atomic E-state index is 0.212. The first kappa shape index (κ1) is 21.1. The summed E-state index contributed by atoms with van der Waals surface area (Å²) in [6.45, 7) is 6.02. The van der Waals surface area contributed by atoms with Gasteiger partial charge in [-0.05, 0) is 48.9 Å². The van der Waals surface area contributed by atoms with Gasteiger partial charge in [0.2, 0.25) is 0 Å². The molecule has 5 rings (SSSR count). The van der Waals surface area contributed by atoms with Gasteiger partial charge in [0.05, 0.1) is 34.6 Å². The number of carbonyl (C=O) groups excluding carboxylic acids is 1. The predicted molar refractivity (Wildman–Crippen MR) is 117 cm³/mol. The minimum atomic E-state index is -4.45. The van der Waals surface area contributed by atoms with Gasteiger partial charge in [0.15, 0.2) is 5.65 Å². The van der Waals surface area contributed by atoms with Gasteiger partial charge in [-0.25, -0.2) is 14.3 Å². The van der Waals surface area contributed by atoms with E-state index in [0.717, 1.165) is 29.1 Å². The molecule has 0 saturated heterocycles. The van der Waals surface area contributed by atoms with E-state index < -0.39 is 23.1 Å². The molecule has 9 heteroatoms. The van der Waals surface area contributed by atoms with E-state index in [1.807, 2.05) is 13.8 Å². The summed E-state index contributed by atoms with van der Waals surface area (Å²) in [5.74, 6) is -0.394. The molecule has 0 radical (unpaired) electrons. The van der Waals surface area contributed by atoms with E-state index in [4.69, 9.17) is 9.73 Å². The van der Waals surface area contributed by atoms with Gasteiger partial charge in [0.1, 0.15) is 0 Å². The highest BCUT2D eigenvalue weighted by molar-refractivity contribution is 6.12. The highest BCUT2D eigenvalue weighted by Gasteiger charge is 2.37. The van der Waals surface area contributed by atoms with Crippen LogP contribution in [0.15, 0.2) is 53.8 Å². The van der Waals surface area contributed by atoms with Crippen LogP contribution in [-0.2, 0) is 16.3 Å². The quantitative estimate of drug-likeness (QED) is 0.386. The molecule has 0 unspecified atom stereocenters. The lowest BCUT2D eigenvalue weighted by Crippen LogP contribution is -2.27. The van der Waals surface area contributed by atoms with Gasteiger partial charge in [-0.15, -0.1) is 0 Å². The molecule has 2 aromatic heterocycles. The molecule has 2 aromatic carbocycles. The Morgan fingerprint density at radius 1 is 1.15 bits per heavy atom. The summed E-state index contributed by atoms with van der Waals surface area (Å²) >= 11 is 0. The number of rotatable bonds is 3. The van der Waals surface area contributed by atoms with Crippen LogP contribution < -0.4 is 0 Å². The number of esters is 1. The van der Waals surface area contributed by atoms with Gasteiger partial charge in [-0.2, -0.15) is 18.3 Å². The number of ether oxygens (including phenoxy) is 1. The van der Waals surface area contributed by atoms with Crippen molar-refractivity contribution < 1.29 is 22.7 Å². The van der Waals surface area contributed by atoms with E-state index in [1.54, 1.807) is 37.5 Å². The van der Waals surface area contributed by atoms with Crippen molar-refractivity contribution in [2.45, 2.75) is 32.4 Å². The smallest absolute Gasteiger partial charge is 0.416 e.